The van der Waals surface area contributed by atoms with Gasteiger partial charge in [0.05, 0.1) is 4.90 Å². The molecule has 12 heavy (non-hydrogen) atoms. The van der Waals surface area contributed by atoms with Crippen molar-refractivity contribution in [2.24, 2.45) is 0 Å². The van der Waals surface area contributed by atoms with Gasteiger partial charge in [0.2, 0.25) is 0 Å². The molecule has 0 spiro atoms. The van der Waals surface area contributed by atoms with Gasteiger partial charge in [0.15, 0.2) is 0 Å². The number of benzene rings is 1. The topological polar surface area (TPSA) is 54.4 Å². The Balaban J connectivity index is 0.00000121. The van der Waals surface area contributed by atoms with Crippen LogP contribution in [0.1, 0.15) is 5.56 Å². The first-order valence-corrected chi connectivity index (χ1v) is 4.48. The summed E-state index contributed by atoms with van der Waals surface area (Å²) < 4.78 is 29.7. The van der Waals surface area contributed by atoms with Gasteiger partial charge in [-0.1, -0.05) is 12.1 Å². The Morgan fingerprint density at radius 2 is 1.92 bits per heavy atom. The number of aryl methyl sites for hydroxylation is 1. The van der Waals surface area contributed by atoms with Crippen LogP contribution in [0.2, 0.25) is 0 Å². The Labute approximate surface area is 93.8 Å². The molecule has 0 fully saturated rings. The standard InChI is InChI=1S/C7H8O3S.Na.H/c1-6-3-2-4-7(5-6)11(8,9)10;;/h2-5H,1H3,(H,8,9,10);;. The van der Waals surface area contributed by atoms with Crippen LogP contribution in [0.4, 0.5) is 0 Å². The van der Waals surface area contributed by atoms with Gasteiger partial charge in [-0.15, -0.1) is 0 Å². The monoisotopic (exact) mass is 196 g/mol. The predicted molar refractivity (Wildman–Crippen MR) is 48.1 cm³/mol. The fourth-order valence-electron chi connectivity index (χ4n) is 0.776. The Kier molecular flexibility index (Phi) is 4.44. The molecule has 5 heteroatoms. The molecule has 1 aromatic rings. The van der Waals surface area contributed by atoms with Crippen molar-refractivity contribution >= 4 is 39.7 Å². The first-order chi connectivity index (χ1) is 5.00. The molecule has 0 aliphatic rings. The van der Waals surface area contributed by atoms with Crippen molar-refractivity contribution in [2.45, 2.75) is 11.8 Å². The van der Waals surface area contributed by atoms with Gasteiger partial charge in [-0.25, -0.2) is 0 Å². The molecule has 0 unspecified atom stereocenters. The zero-order valence-electron chi connectivity index (χ0n) is 5.98. The van der Waals surface area contributed by atoms with Gasteiger partial charge in [-0.05, 0) is 24.6 Å². The van der Waals surface area contributed by atoms with Crippen molar-refractivity contribution in [1.82, 2.24) is 0 Å². The molecule has 1 N–H and O–H groups in total. The van der Waals surface area contributed by atoms with Crippen molar-refractivity contribution in [3.8, 4) is 0 Å². The molecule has 0 radical (unpaired) electrons. The molecule has 62 valence electrons. The maximum atomic E-state index is 10.5. The molecule has 0 aliphatic carbocycles. The molecule has 0 bridgehead atoms. The summed E-state index contributed by atoms with van der Waals surface area (Å²) in [5, 5.41) is 0. The summed E-state index contributed by atoms with van der Waals surface area (Å²) in [7, 11) is -4.03. The van der Waals surface area contributed by atoms with Crippen LogP contribution in [0.25, 0.3) is 0 Å². The van der Waals surface area contributed by atoms with Crippen LogP contribution >= 0.6 is 0 Å². The quantitative estimate of drug-likeness (QED) is 0.528. The van der Waals surface area contributed by atoms with E-state index in [4.69, 9.17) is 4.55 Å². The predicted octanol–water partition coefficient (Wildman–Crippen LogP) is 0.593. The summed E-state index contributed by atoms with van der Waals surface area (Å²) in [6.07, 6.45) is 0. The molecular formula is C7H9NaO3S. The van der Waals surface area contributed by atoms with E-state index in [2.05, 4.69) is 0 Å². The molecule has 0 aromatic heterocycles. The zero-order valence-corrected chi connectivity index (χ0v) is 6.80. The molecular weight excluding hydrogens is 187 g/mol. The third-order valence-electron chi connectivity index (χ3n) is 1.29. The van der Waals surface area contributed by atoms with Crippen molar-refractivity contribution in [2.75, 3.05) is 0 Å². The van der Waals surface area contributed by atoms with E-state index in [1.807, 2.05) is 0 Å². The van der Waals surface area contributed by atoms with Gasteiger partial charge < -0.3 is 0 Å². The van der Waals surface area contributed by atoms with Gasteiger partial charge in [-0.3, -0.25) is 4.55 Å². The third kappa shape index (κ3) is 3.25. The zero-order chi connectivity index (χ0) is 8.48. The van der Waals surface area contributed by atoms with E-state index in [1.165, 1.54) is 12.1 Å². The first-order valence-electron chi connectivity index (χ1n) is 3.04. The van der Waals surface area contributed by atoms with Gasteiger partial charge >= 0.3 is 29.6 Å². The molecule has 0 aliphatic heterocycles. The molecule has 3 nitrogen and oxygen atoms in total. The first kappa shape index (κ1) is 12.1. The van der Waals surface area contributed by atoms with Gasteiger partial charge in [0.1, 0.15) is 0 Å². The average molecular weight is 196 g/mol. The van der Waals surface area contributed by atoms with Crippen molar-refractivity contribution in [3.05, 3.63) is 29.8 Å². The van der Waals surface area contributed by atoms with Crippen LogP contribution in [0, 0.1) is 6.92 Å². The average Bonchev–Trinajstić information content (AvgIpc) is 1.86. The second-order valence-electron chi connectivity index (χ2n) is 2.29. The van der Waals surface area contributed by atoms with E-state index in [0.717, 1.165) is 5.56 Å². The second-order valence-corrected chi connectivity index (χ2v) is 3.71. The van der Waals surface area contributed by atoms with Crippen molar-refractivity contribution < 1.29 is 13.0 Å². The summed E-state index contributed by atoms with van der Waals surface area (Å²) in [6.45, 7) is 1.76. The molecule has 0 saturated heterocycles. The van der Waals surface area contributed by atoms with Gasteiger partial charge in [0.25, 0.3) is 10.1 Å². The van der Waals surface area contributed by atoms with Crippen molar-refractivity contribution in [3.63, 3.8) is 0 Å². The van der Waals surface area contributed by atoms with Crippen LogP contribution in [0.5, 0.6) is 0 Å². The van der Waals surface area contributed by atoms with Gasteiger partial charge in [-0.2, -0.15) is 8.42 Å². The molecule has 0 amide bonds. The van der Waals surface area contributed by atoms with E-state index in [-0.39, 0.29) is 34.5 Å². The van der Waals surface area contributed by atoms with Gasteiger partial charge in [0, 0.05) is 0 Å². The van der Waals surface area contributed by atoms with Crippen LogP contribution in [0.15, 0.2) is 29.2 Å². The third-order valence-corrected chi connectivity index (χ3v) is 2.14. The number of hydrogen-bond donors (Lipinski definition) is 1. The van der Waals surface area contributed by atoms with Crippen LogP contribution in [-0.4, -0.2) is 42.5 Å². The Hall–Kier alpha value is 0.130. The molecule has 1 aromatic carbocycles. The van der Waals surface area contributed by atoms with E-state index in [9.17, 15) is 8.42 Å². The minimum absolute atomic E-state index is 0. The SMILES string of the molecule is Cc1cccc(S(=O)(=O)O)c1.[NaH]. The summed E-state index contributed by atoms with van der Waals surface area (Å²) in [5.74, 6) is 0. The van der Waals surface area contributed by atoms with Crippen LogP contribution in [-0.2, 0) is 10.1 Å². The fraction of sp³-hybridized carbons (Fsp3) is 0.143. The van der Waals surface area contributed by atoms with E-state index in [1.54, 1.807) is 19.1 Å². The Morgan fingerprint density at radius 3 is 2.25 bits per heavy atom. The van der Waals surface area contributed by atoms with E-state index in [0.29, 0.717) is 0 Å². The van der Waals surface area contributed by atoms with E-state index >= 15 is 0 Å². The molecule has 0 saturated carbocycles. The molecule has 0 heterocycles. The Bertz CT molecular complexity index is 359. The Morgan fingerprint density at radius 1 is 1.33 bits per heavy atom. The van der Waals surface area contributed by atoms with Crippen LogP contribution in [0.3, 0.4) is 0 Å². The number of hydrogen-bond acceptors (Lipinski definition) is 2. The number of rotatable bonds is 1. The minimum atomic E-state index is -4.03. The molecule has 0 atom stereocenters. The summed E-state index contributed by atoms with van der Waals surface area (Å²) in [4.78, 5) is -0.0579. The fourth-order valence-corrected chi connectivity index (χ4v) is 1.36. The summed E-state index contributed by atoms with van der Waals surface area (Å²) >= 11 is 0. The summed E-state index contributed by atoms with van der Waals surface area (Å²) in [6, 6.07) is 6.10. The van der Waals surface area contributed by atoms with E-state index < -0.39 is 10.1 Å². The van der Waals surface area contributed by atoms with Crippen molar-refractivity contribution in [1.29, 1.82) is 0 Å². The maximum absolute atomic E-state index is 10.5. The van der Waals surface area contributed by atoms with Crippen LogP contribution < -0.4 is 0 Å². The second kappa shape index (κ2) is 4.39. The summed E-state index contributed by atoms with van der Waals surface area (Å²) in [5.41, 5.74) is 0.806. The normalized spacial score (nSPS) is 10.5. The molecule has 1 rings (SSSR count).